The molecule has 6 rings (SSSR count). The summed E-state index contributed by atoms with van der Waals surface area (Å²) < 4.78 is 24.7. The molecule has 2 aliphatic heterocycles. The molecule has 0 aromatic carbocycles. The number of hydrogen-bond acceptors (Lipinski definition) is 12. The molecule has 5 fully saturated rings. The van der Waals surface area contributed by atoms with E-state index in [1.54, 1.807) is 0 Å². The van der Waals surface area contributed by atoms with Crippen molar-refractivity contribution < 1.29 is 59.8 Å². The summed E-state index contributed by atoms with van der Waals surface area (Å²) >= 11 is 0. The lowest BCUT2D eigenvalue weighted by atomic mass is 9.38. The van der Waals surface area contributed by atoms with Gasteiger partial charge in [-0.15, -0.1) is 0 Å². The molecule has 304 valence electrons. The average Bonchev–Trinajstić information content (AvgIpc) is 3.31. The van der Waals surface area contributed by atoms with Crippen LogP contribution in [0.25, 0.3) is 0 Å². The Hall–Kier alpha value is -1.00. The first-order valence-electron chi connectivity index (χ1n) is 20.0. The molecule has 0 amide bonds. The van der Waals surface area contributed by atoms with Crippen LogP contribution in [-0.2, 0) is 18.9 Å². The number of rotatable bonds is 9. The quantitative estimate of drug-likeness (QED) is 0.161. The Morgan fingerprint density at radius 3 is 2.21 bits per heavy atom. The van der Waals surface area contributed by atoms with Gasteiger partial charge in [-0.05, 0) is 92.8 Å². The van der Waals surface area contributed by atoms with Gasteiger partial charge in [-0.25, -0.2) is 0 Å². The van der Waals surface area contributed by atoms with Crippen molar-refractivity contribution in [2.75, 3.05) is 13.2 Å². The molecule has 12 heteroatoms. The third-order valence-electron chi connectivity index (χ3n) is 15.5. The molecular formula is C41H68O12. The zero-order valence-electron chi connectivity index (χ0n) is 33.0. The van der Waals surface area contributed by atoms with E-state index in [1.165, 1.54) is 5.57 Å². The number of aliphatic hydroxyl groups is 8. The maximum absolute atomic E-state index is 12.4. The van der Waals surface area contributed by atoms with Gasteiger partial charge in [0.05, 0.1) is 31.5 Å². The van der Waals surface area contributed by atoms with E-state index in [-0.39, 0.29) is 53.3 Å². The van der Waals surface area contributed by atoms with Crippen LogP contribution in [0.5, 0.6) is 0 Å². The molecule has 3 saturated carbocycles. The average molecular weight is 753 g/mol. The first kappa shape index (κ1) is 41.6. The van der Waals surface area contributed by atoms with E-state index in [9.17, 15) is 40.9 Å². The second-order valence-electron chi connectivity index (χ2n) is 19.1. The van der Waals surface area contributed by atoms with Crippen molar-refractivity contribution in [3.8, 4) is 0 Å². The summed E-state index contributed by atoms with van der Waals surface area (Å²) in [7, 11) is 0. The smallest absolute Gasteiger partial charge is 0.186 e. The number of fused-ring (bicyclic) bond motifs is 5. The van der Waals surface area contributed by atoms with Gasteiger partial charge in [0.25, 0.3) is 0 Å². The van der Waals surface area contributed by atoms with Crippen molar-refractivity contribution in [1.82, 2.24) is 0 Å². The van der Waals surface area contributed by atoms with E-state index < -0.39 is 78.8 Å². The standard InChI is InChI=1S/C41H68O12/c1-20(2)10-9-11-21(3)29-26(51-37-34(49)32(47)31(46)27(18-42)52-37)17-41(8)35-24(43)16-23-22(39(35,6)14-15-40(29,41)7)12-13-28(38(23,4)5)53-36-33(48)30(45)25(44)19-50-36/h10,16,21-22,24-37,42-49H,9,11-15,17-19H2,1-8H3/t21-,22+,24?,25-,26+,27-,28?,29+,30+,31-,32-,33-,34-,35?,36+,37-,39+,40-,41+/m1/s1. The Kier molecular flexibility index (Phi) is 11.8. The Balaban J connectivity index is 1.32. The molecule has 8 N–H and O–H groups in total. The lowest BCUT2D eigenvalue weighted by Gasteiger charge is -2.67. The maximum atomic E-state index is 12.4. The van der Waals surface area contributed by atoms with Crippen molar-refractivity contribution in [3.05, 3.63) is 23.3 Å². The van der Waals surface area contributed by atoms with Gasteiger partial charge < -0.3 is 59.8 Å². The summed E-state index contributed by atoms with van der Waals surface area (Å²) in [5.74, 6) is 0.290. The Morgan fingerprint density at radius 1 is 0.868 bits per heavy atom. The van der Waals surface area contributed by atoms with E-state index in [0.29, 0.717) is 12.8 Å². The highest BCUT2D eigenvalue weighted by atomic mass is 16.7. The number of aliphatic hydroxyl groups excluding tert-OH is 8. The van der Waals surface area contributed by atoms with Crippen LogP contribution in [0.1, 0.15) is 100 Å². The second-order valence-corrected chi connectivity index (χ2v) is 19.1. The fourth-order valence-electron chi connectivity index (χ4n) is 12.4. The molecule has 4 aliphatic carbocycles. The maximum Gasteiger partial charge on any atom is 0.186 e. The molecule has 19 atom stereocenters. The summed E-state index contributed by atoms with van der Waals surface area (Å²) in [5, 5.41) is 85.5. The summed E-state index contributed by atoms with van der Waals surface area (Å²) in [6.07, 6.45) is -3.26. The van der Waals surface area contributed by atoms with Gasteiger partial charge in [-0.1, -0.05) is 64.8 Å². The number of ether oxygens (including phenoxy) is 4. The van der Waals surface area contributed by atoms with Gasteiger partial charge in [0.2, 0.25) is 0 Å². The predicted octanol–water partition coefficient (Wildman–Crippen LogP) is 2.56. The van der Waals surface area contributed by atoms with Gasteiger partial charge in [0, 0.05) is 11.3 Å². The van der Waals surface area contributed by atoms with Crippen LogP contribution in [0.15, 0.2) is 23.3 Å². The van der Waals surface area contributed by atoms with Crippen LogP contribution < -0.4 is 0 Å². The van der Waals surface area contributed by atoms with E-state index in [0.717, 1.165) is 37.7 Å². The lowest BCUT2D eigenvalue weighted by molar-refractivity contribution is -0.315. The molecule has 0 spiro atoms. The molecule has 0 radical (unpaired) electrons. The minimum absolute atomic E-state index is 0.0314. The highest BCUT2D eigenvalue weighted by Gasteiger charge is 2.72. The molecule has 0 aromatic heterocycles. The van der Waals surface area contributed by atoms with Crippen molar-refractivity contribution >= 4 is 0 Å². The highest BCUT2D eigenvalue weighted by Crippen LogP contribution is 2.75. The zero-order chi connectivity index (χ0) is 39.0. The Morgan fingerprint density at radius 2 is 1.55 bits per heavy atom. The van der Waals surface area contributed by atoms with Crippen LogP contribution in [0.4, 0.5) is 0 Å². The fourth-order valence-corrected chi connectivity index (χ4v) is 12.4. The van der Waals surface area contributed by atoms with Crippen molar-refractivity contribution in [2.45, 2.75) is 174 Å². The monoisotopic (exact) mass is 752 g/mol. The van der Waals surface area contributed by atoms with Gasteiger partial charge >= 0.3 is 0 Å². The highest BCUT2D eigenvalue weighted by molar-refractivity contribution is 5.33. The van der Waals surface area contributed by atoms with Crippen LogP contribution in [0, 0.1) is 45.3 Å². The molecule has 0 bridgehead atoms. The minimum atomic E-state index is -1.53. The largest absolute Gasteiger partial charge is 0.394 e. The van der Waals surface area contributed by atoms with Crippen LogP contribution in [0.3, 0.4) is 0 Å². The number of hydrogen-bond donors (Lipinski definition) is 8. The first-order chi connectivity index (χ1) is 24.7. The van der Waals surface area contributed by atoms with Crippen LogP contribution >= 0.6 is 0 Å². The van der Waals surface area contributed by atoms with Crippen molar-refractivity contribution in [1.29, 1.82) is 0 Å². The summed E-state index contributed by atoms with van der Waals surface area (Å²) in [4.78, 5) is 0. The third-order valence-corrected chi connectivity index (χ3v) is 15.5. The van der Waals surface area contributed by atoms with Crippen LogP contribution in [0.2, 0.25) is 0 Å². The fraction of sp³-hybridized carbons (Fsp3) is 0.902. The summed E-state index contributed by atoms with van der Waals surface area (Å²) in [6.45, 7) is 17.0. The molecular weight excluding hydrogens is 684 g/mol. The summed E-state index contributed by atoms with van der Waals surface area (Å²) in [6, 6.07) is 0. The molecule has 0 aromatic rings. The third kappa shape index (κ3) is 6.82. The van der Waals surface area contributed by atoms with Gasteiger partial charge in [-0.3, -0.25) is 0 Å². The van der Waals surface area contributed by atoms with Gasteiger partial charge in [0.15, 0.2) is 12.6 Å². The molecule has 53 heavy (non-hydrogen) atoms. The lowest BCUT2D eigenvalue weighted by Crippen LogP contribution is -2.63. The second kappa shape index (κ2) is 15.1. The van der Waals surface area contributed by atoms with Gasteiger partial charge in [0.1, 0.15) is 42.7 Å². The topological polar surface area (TPSA) is 199 Å². The van der Waals surface area contributed by atoms with Crippen molar-refractivity contribution in [3.63, 3.8) is 0 Å². The molecule has 12 nitrogen and oxygen atoms in total. The Labute approximate surface area is 315 Å². The van der Waals surface area contributed by atoms with E-state index >= 15 is 0 Å². The van der Waals surface area contributed by atoms with Gasteiger partial charge in [-0.2, -0.15) is 0 Å². The Bertz CT molecular complexity index is 1360. The first-order valence-corrected chi connectivity index (χ1v) is 20.0. The normalized spacial score (nSPS) is 51.4. The van der Waals surface area contributed by atoms with Crippen molar-refractivity contribution in [2.24, 2.45) is 45.3 Å². The van der Waals surface area contributed by atoms with Crippen LogP contribution in [-0.4, -0.2) is 128 Å². The zero-order valence-corrected chi connectivity index (χ0v) is 33.0. The minimum Gasteiger partial charge on any atom is -0.394 e. The van der Waals surface area contributed by atoms with E-state index in [1.807, 2.05) is 0 Å². The van der Waals surface area contributed by atoms with E-state index in [4.69, 9.17) is 18.9 Å². The molecule has 6 aliphatic rings. The molecule has 2 heterocycles. The molecule has 2 saturated heterocycles. The number of allylic oxidation sites excluding steroid dienone is 2. The molecule has 3 unspecified atom stereocenters. The van der Waals surface area contributed by atoms with E-state index in [2.05, 4.69) is 67.5 Å². The SMILES string of the molecule is CC(C)=CCC[C@@H](C)[C@H]1[C@@H](O[C@@H]2O[C@H](CO)[C@@H](O)[C@@H](O)[C@H]2O)C[C@@]2(C)C3C(O)C=C4[C@H](CCC(O[C@@H]5OC[C@@H](O)[C@H](O)[C@H]5O)C4(C)C)[C@]3(C)CC[C@]12C. The summed E-state index contributed by atoms with van der Waals surface area (Å²) in [5.41, 5.74) is 0.950. The predicted molar refractivity (Wildman–Crippen MR) is 195 cm³/mol.